The van der Waals surface area contributed by atoms with Gasteiger partial charge in [-0.2, -0.15) is 0 Å². The zero-order valence-corrected chi connectivity index (χ0v) is 13.3. The van der Waals surface area contributed by atoms with Crippen molar-refractivity contribution in [3.05, 3.63) is 57.6 Å². The number of phenols is 2. The van der Waals surface area contributed by atoms with Crippen LogP contribution in [-0.2, 0) is 0 Å². The molecule has 0 radical (unpaired) electrons. The summed E-state index contributed by atoms with van der Waals surface area (Å²) in [4.78, 5) is 6.46. The van der Waals surface area contributed by atoms with Crippen LogP contribution in [-0.4, -0.2) is 28.5 Å². The fraction of sp³-hybridized carbons (Fsp3) is 0.188. The second-order valence-corrected chi connectivity index (χ2v) is 6.05. The number of halogens is 2. The highest BCUT2D eigenvalue weighted by Gasteiger charge is 2.34. The van der Waals surface area contributed by atoms with Crippen LogP contribution in [0, 0.1) is 0 Å². The van der Waals surface area contributed by atoms with E-state index in [9.17, 15) is 10.2 Å². The smallest absolute Gasteiger partial charge is 0.117 e. The van der Waals surface area contributed by atoms with Gasteiger partial charge in [0.2, 0.25) is 0 Å². The van der Waals surface area contributed by atoms with Crippen LogP contribution in [0.1, 0.15) is 23.2 Å². The molecule has 22 heavy (non-hydrogen) atoms. The van der Waals surface area contributed by atoms with E-state index in [4.69, 9.17) is 23.2 Å². The number of hydrogen-bond acceptors (Lipinski definition) is 4. The summed E-state index contributed by atoms with van der Waals surface area (Å²) in [5, 5.41) is 20.0. The summed E-state index contributed by atoms with van der Waals surface area (Å²) in [6.45, 7) is 0. The summed E-state index contributed by atoms with van der Waals surface area (Å²) >= 11 is 12.5. The Balaban J connectivity index is 2.05. The van der Waals surface area contributed by atoms with E-state index in [0.717, 1.165) is 11.1 Å². The summed E-state index contributed by atoms with van der Waals surface area (Å²) < 4.78 is 0. The number of nitrogens with zero attached hydrogens (tertiary/aromatic N) is 2. The van der Waals surface area contributed by atoms with Gasteiger partial charge >= 0.3 is 0 Å². The zero-order valence-electron chi connectivity index (χ0n) is 11.7. The van der Waals surface area contributed by atoms with Crippen LogP contribution in [0.25, 0.3) is 0 Å². The van der Waals surface area contributed by atoms with Crippen LogP contribution in [0.5, 0.6) is 11.5 Å². The number of benzene rings is 2. The molecule has 0 aromatic heterocycles. The van der Waals surface area contributed by atoms with Gasteiger partial charge in [-0.25, -0.2) is 0 Å². The van der Waals surface area contributed by atoms with Crippen molar-refractivity contribution >= 4 is 29.5 Å². The van der Waals surface area contributed by atoms with Crippen molar-refractivity contribution in [1.29, 1.82) is 0 Å². The number of hydrogen-bond donors (Lipinski definition) is 2. The van der Waals surface area contributed by atoms with E-state index < -0.39 is 0 Å². The van der Waals surface area contributed by atoms with Gasteiger partial charge in [-0.1, -0.05) is 35.3 Å². The highest BCUT2D eigenvalue weighted by Crippen LogP contribution is 2.44. The van der Waals surface area contributed by atoms with E-state index in [1.165, 1.54) is 12.1 Å². The first-order valence-corrected chi connectivity index (χ1v) is 7.45. The van der Waals surface area contributed by atoms with Crippen LogP contribution in [0.15, 0.2) is 41.4 Å². The Morgan fingerprint density at radius 1 is 0.955 bits per heavy atom. The van der Waals surface area contributed by atoms with Gasteiger partial charge in [-0.05, 0) is 35.4 Å². The van der Waals surface area contributed by atoms with Gasteiger partial charge in [0.15, 0.2) is 0 Å². The van der Waals surface area contributed by atoms with Gasteiger partial charge in [-0.15, -0.1) is 0 Å². The number of rotatable bonds is 2. The first kappa shape index (κ1) is 15.0. The molecule has 0 fully saturated rings. The maximum Gasteiger partial charge on any atom is 0.117 e. The predicted octanol–water partition coefficient (Wildman–Crippen LogP) is 4.16. The van der Waals surface area contributed by atoms with Crippen LogP contribution in [0.3, 0.4) is 0 Å². The van der Waals surface area contributed by atoms with Crippen LogP contribution < -0.4 is 0 Å². The van der Waals surface area contributed by atoms with Crippen molar-refractivity contribution in [3.8, 4) is 11.5 Å². The highest BCUT2D eigenvalue weighted by atomic mass is 35.5. The molecule has 4 nitrogen and oxygen atoms in total. The van der Waals surface area contributed by atoms with Gasteiger partial charge in [-0.3, -0.25) is 4.99 Å². The monoisotopic (exact) mass is 336 g/mol. The Hall–Kier alpha value is -1.91. The van der Waals surface area contributed by atoms with E-state index in [2.05, 4.69) is 4.99 Å². The van der Waals surface area contributed by atoms with Crippen molar-refractivity contribution < 1.29 is 10.2 Å². The standard InChI is InChI=1S/C16H14Cl2N2O2/c1-20-8-19-15(11-4-2-9(21)6-13(11)17)16(20)12-5-3-10(22)7-14(12)18/h2-8,15-16,21-22H,1H3/t15-,16+/m0/s1. The molecule has 2 atom stereocenters. The van der Waals surface area contributed by atoms with E-state index in [0.29, 0.717) is 10.0 Å². The largest absolute Gasteiger partial charge is 0.508 e. The molecule has 2 aromatic carbocycles. The van der Waals surface area contributed by atoms with E-state index >= 15 is 0 Å². The lowest BCUT2D eigenvalue weighted by Gasteiger charge is -2.27. The predicted molar refractivity (Wildman–Crippen MR) is 88.0 cm³/mol. The number of phenolic OH excluding ortho intramolecular Hbond substituents is 2. The lowest BCUT2D eigenvalue weighted by Crippen LogP contribution is -2.22. The van der Waals surface area contributed by atoms with Gasteiger partial charge in [0, 0.05) is 17.1 Å². The minimum absolute atomic E-state index is 0.114. The number of aromatic hydroxyl groups is 2. The average Bonchev–Trinajstić information content (AvgIpc) is 2.81. The molecule has 6 heteroatoms. The topological polar surface area (TPSA) is 56.1 Å². The summed E-state index contributed by atoms with van der Waals surface area (Å²) in [6, 6.07) is 9.39. The molecule has 3 rings (SSSR count). The third-order valence-corrected chi connectivity index (χ3v) is 4.41. The summed E-state index contributed by atoms with van der Waals surface area (Å²) in [5.74, 6) is 0.234. The molecule has 0 amide bonds. The maximum atomic E-state index is 9.53. The van der Waals surface area contributed by atoms with Gasteiger partial charge in [0.05, 0.1) is 12.4 Å². The Kier molecular flexibility index (Phi) is 3.89. The minimum atomic E-state index is -0.236. The Labute approximate surface area is 138 Å². The average molecular weight is 337 g/mol. The van der Waals surface area contributed by atoms with Crippen molar-refractivity contribution in [2.24, 2.45) is 4.99 Å². The highest BCUT2D eigenvalue weighted by molar-refractivity contribution is 6.32. The van der Waals surface area contributed by atoms with Crippen LogP contribution >= 0.6 is 23.2 Å². The third kappa shape index (κ3) is 2.60. The van der Waals surface area contributed by atoms with Crippen molar-refractivity contribution in [2.45, 2.75) is 12.1 Å². The molecule has 0 saturated heterocycles. The van der Waals surface area contributed by atoms with Gasteiger partial charge in [0.1, 0.15) is 17.5 Å². The van der Waals surface area contributed by atoms with E-state index in [1.54, 1.807) is 30.6 Å². The zero-order chi connectivity index (χ0) is 15.9. The van der Waals surface area contributed by atoms with Crippen LogP contribution in [0.4, 0.5) is 0 Å². The molecule has 114 valence electrons. The summed E-state index contributed by atoms with van der Waals surface area (Å²) in [5.41, 5.74) is 1.67. The molecule has 1 aliphatic rings. The van der Waals surface area contributed by atoms with Gasteiger partial charge in [0.25, 0.3) is 0 Å². The first-order chi connectivity index (χ1) is 10.5. The molecule has 2 N–H and O–H groups in total. The molecule has 1 heterocycles. The molecular formula is C16H14Cl2N2O2. The molecule has 0 aliphatic carbocycles. The molecule has 0 bridgehead atoms. The molecule has 1 aliphatic heterocycles. The minimum Gasteiger partial charge on any atom is -0.508 e. The molecule has 0 spiro atoms. The second kappa shape index (κ2) is 5.71. The number of aliphatic imine (C=N–C) groups is 1. The fourth-order valence-corrected chi connectivity index (χ4v) is 3.28. The van der Waals surface area contributed by atoms with E-state index in [-0.39, 0.29) is 23.6 Å². The van der Waals surface area contributed by atoms with Crippen molar-refractivity contribution in [1.82, 2.24) is 4.90 Å². The summed E-state index contributed by atoms with van der Waals surface area (Å²) in [6.07, 6.45) is 1.74. The first-order valence-electron chi connectivity index (χ1n) is 6.69. The van der Waals surface area contributed by atoms with Crippen molar-refractivity contribution in [3.63, 3.8) is 0 Å². The third-order valence-electron chi connectivity index (χ3n) is 3.75. The maximum absolute atomic E-state index is 9.53. The lowest BCUT2D eigenvalue weighted by atomic mass is 9.93. The van der Waals surface area contributed by atoms with Gasteiger partial charge < -0.3 is 15.1 Å². The number of likely N-dealkylation sites (N-methyl/N-ethyl adjacent to an activating group) is 1. The Bertz CT molecular complexity index is 749. The lowest BCUT2D eigenvalue weighted by molar-refractivity contribution is 0.369. The van der Waals surface area contributed by atoms with Crippen molar-refractivity contribution in [2.75, 3.05) is 7.05 Å². The fourth-order valence-electron chi connectivity index (χ4n) is 2.70. The molecule has 0 saturated carbocycles. The Morgan fingerprint density at radius 3 is 2.05 bits per heavy atom. The normalized spacial score (nSPS) is 20.6. The quantitative estimate of drug-likeness (QED) is 0.865. The van der Waals surface area contributed by atoms with Crippen LogP contribution in [0.2, 0.25) is 10.0 Å². The van der Waals surface area contributed by atoms with E-state index in [1.807, 2.05) is 11.9 Å². The molecule has 0 unspecified atom stereocenters. The molecular weight excluding hydrogens is 323 g/mol. The second-order valence-electron chi connectivity index (χ2n) is 5.23. The summed E-state index contributed by atoms with van der Waals surface area (Å²) in [7, 11) is 1.91. The SMILES string of the molecule is CN1C=N[C@@H](c2ccc(O)cc2Cl)[C@H]1c1ccc(O)cc1Cl. The Morgan fingerprint density at radius 2 is 1.50 bits per heavy atom. The molecule has 2 aromatic rings.